The molecule has 0 aliphatic carbocycles. The Morgan fingerprint density at radius 1 is 0.473 bits per heavy atom. The first-order valence-electron chi connectivity index (χ1n) is 31.3. The van der Waals surface area contributed by atoms with E-state index in [2.05, 4.69) is 92.1 Å². The zero-order valence-corrected chi connectivity index (χ0v) is 50.2. The van der Waals surface area contributed by atoms with Gasteiger partial charge >= 0.3 is 7.82 Å². The van der Waals surface area contributed by atoms with Crippen LogP contribution < -0.4 is 5.32 Å². The van der Waals surface area contributed by atoms with Gasteiger partial charge in [-0.15, -0.1) is 0 Å². The molecule has 432 valence electrons. The Hall–Kier alpha value is -2.06. The number of aliphatic hydroxyl groups is 1. The van der Waals surface area contributed by atoms with E-state index < -0.39 is 20.0 Å². The minimum absolute atomic E-state index is 0.0628. The van der Waals surface area contributed by atoms with Crippen LogP contribution in [0.15, 0.2) is 72.9 Å². The summed E-state index contributed by atoms with van der Waals surface area (Å²) >= 11 is 0. The molecule has 1 amide bonds. The number of unbranched alkanes of at least 4 members (excludes halogenated alkanes) is 32. The van der Waals surface area contributed by atoms with Gasteiger partial charge in [-0.05, 0) is 64.2 Å². The lowest BCUT2D eigenvalue weighted by molar-refractivity contribution is -0.870. The number of carbonyl (C=O) groups is 1. The molecule has 0 saturated heterocycles. The molecule has 0 saturated carbocycles. The molecule has 3 N–H and O–H groups in total. The molecule has 0 bridgehead atoms. The van der Waals surface area contributed by atoms with Crippen molar-refractivity contribution in [3.05, 3.63) is 72.9 Å². The van der Waals surface area contributed by atoms with Crippen LogP contribution in [0.25, 0.3) is 0 Å². The zero-order chi connectivity index (χ0) is 54.2. The SMILES string of the molecule is CC/C=C\C/C=C\C/C=C\C/C=C\C/C=C\C/C=C\CCCCC(=O)NC(COP(=O)(O)OCC[N+](C)(C)C)C(O)CCCCCCCCCCCCCCCCCCCCCCCCCCCCCCCCC. The predicted octanol–water partition coefficient (Wildman–Crippen LogP) is 19.4. The monoisotopic (exact) mass is 1060 g/mol. The number of nitrogens with one attached hydrogen (secondary N) is 1. The summed E-state index contributed by atoms with van der Waals surface area (Å²) in [6.07, 6.45) is 77.1. The van der Waals surface area contributed by atoms with Crippen molar-refractivity contribution >= 4 is 13.7 Å². The third-order valence-corrected chi connectivity index (χ3v) is 15.0. The van der Waals surface area contributed by atoms with E-state index in [9.17, 15) is 19.4 Å². The molecule has 0 radical (unpaired) electrons. The van der Waals surface area contributed by atoms with E-state index in [1.807, 2.05) is 21.1 Å². The summed E-state index contributed by atoms with van der Waals surface area (Å²) in [5, 5.41) is 14.1. The minimum atomic E-state index is -4.34. The van der Waals surface area contributed by atoms with Crippen molar-refractivity contribution < 1.29 is 32.9 Å². The molecule has 74 heavy (non-hydrogen) atoms. The predicted molar refractivity (Wildman–Crippen MR) is 323 cm³/mol. The summed E-state index contributed by atoms with van der Waals surface area (Å²) in [6.45, 7) is 4.76. The first kappa shape index (κ1) is 71.9. The number of phosphoric ester groups is 1. The van der Waals surface area contributed by atoms with Gasteiger partial charge in [0, 0.05) is 6.42 Å². The van der Waals surface area contributed by atoms with Crippen LogP contribution in [0.1, 0.15) is 284 Å². The highest BCUT2D eigenvalue weighted by Gasteiger charge is 2.28. The van der Waals surface area contributed by atoms with Gasteiger partial charge in [0.05, 0.1) is 39.9 Å². The molecule has 3 atom stereocenters. The van der Waals surface area contributed by atoms with Crippen LogP contribution in [-0.2, 0) is 18.4 Å². The molecule has 0 aromatic heterocycles. The highest BCUT2D eigenvalue weighted by atomic mass is 31.2. The zero-order valence-electron chi connectivity index (χ0n) is 49.3. The van der Waals surface area contributed by atoms with Crippen LogP contribution in [0.3, 0.4) is 0 Å². The number of rotatable bonds is 57. The van der Waals surface area contributed by atoms with E-state index in [1.54, 1.807) is 0 Å². The Morgan fingerprint density at radius 3 is 1.16 bits per heavy atom. The summed E-state index contributed by atoms with van der Waals surface area (Å²) in [5.74, 6) is -0.185. The van der Waals surface area contributed by atoms with E-state index in [0.717, 1.165) is 70.6 Å². The number of allylic oxidation sites excluding steroid dienone is 12. The van der Waals surface area contributed by atoms with E-state index in [1.165, 1.54) is 180 Å². The number of quaternary nitrogens is 1. The Labute approximate surface area is 459 Å². The number of hydrogen-bond acceptors (Lipinski definition) is 5. The maximum atomic E-state index is 13.0. The number of carbonyl (C=O) groups excluding carboxylic acids is 1. The fraction of sp³-hybridized carbons (Fsp3) is 0.800. The highest BCUT2D eigenvalue weighted by Crippen LogP contribution is 2.43. The number of aliphatic hydroxyl groups excluding tert-OH is 1. The van der Waals surface area contributed by atoms with Gasteiger partial charge in [-0.1, -0.05) is 286 Å². The second-order valence-corrected chi connectivity index (χ2v) is 23.9. The van der Waals surface area contributed by atoms with Crippen LogP contribution >= 0.6 is 7.82 Å². The second-order valence-electron chi connectivity index (χ2n) is 22.4. The first-order valence-corrected chi connectivity index (χ1v) is 32.8. The molecule has 8 nitrogen and oxygen atoms in total. The normalized spacial score (nSPS) is 14.3. The largest absolute Gasteiger partial charge is 0.472 e. The van der Waals surface area contributed by atoms with Crippen LogP contribution in [0.5, 0.6) is 0 Å². The fourth-order valence-electron chi connectivity index (χ4n) is 9.11. The lowest BCUT2D eigenvalue weighted by Gasteiger charge is -2.26. The Bertz CT molecular complexity index is 1430. The van der Waals surface area contributed by atoms with Crippen LogP contribution in [0.4, 0.5) is 0 Å². The Morgan fingerprint density at radius 2 is 0.811 bits per heavy atom. The molecular weight excluding hydrogens is 936 g/mol. The third-order valence-electron chi connectivity index (χ3n) is 14.0. The highest BCUT2D eigenvalue weighted by molar-refractivity contribution is 7.47. The van der Waals surface area contributed by atoms with Gasteiger partial charge in [0.2, 0.25) is 5.91 Å². The maximum absolute atomic E-state index is 13.0. The number of amides is 1. The molecule has 3 unspecified atom stereocenters. The molecule has 0 fully saturated rings. The third kappa shape index (κ3) is 57.6. The fourth-order valence-corrected chi connectivity index (χ4v) is 9.85. The number of hydrogen-bond donors (Lipinski definition) is 3. The summed E-state index contributed by atoms with van der Waals surface area (Å²) in [4.78, 5) is 23.3. The lowest BCUT2D eigenvalue weighted by Crippen LogP contribution is -2.46. The van der Waals surface area contributed by atoms with Crippen molar-refractivity contribution in [3.8, 4) is 0 Å². The standard InChI is InChI=1S/C65H121N2O6P/c1-6-8-10-12-14-16-18-20-22-24-26-28-29-30-31-32-33-34-35-36-37-39-40-42-44-46-48-50-52-54-56-58-64(68)63(62-73-74(70,71)72-61-60-67(3,4)5)66-65(69)59-57-55-53-51-49-47-45-43-41-38-27-25-23-21-19-17-15-13-11-9-7-2/h9,11,15,17,21,23,27,38,43,45,49,51,63-64,68H,6-8,10,12-14,16,18-20,22,24-26,28-37,39-42,44,46-48,50,52-62H2,1-5H3,(H-,66,69,70,71)/p+1/b11-9-,17-15-,23-21-,38-27-,45-43-,51-49-. The van der Waals surface area contributed by atoms with Gasteiger partial charge in [-0.3, -0.25) is 13.8 Å². The van der Waals surface area contributed by atoms with Gasteiger partial charge in [-0.2, -0.15) is 0 Å². The summed E-state index contributed by atoms with van der Waals surface area (Å²) < 4.78 is 23.8. The van der Waals surface area contributed by atoms with Gasteiger partial charge < -0.3 is 19.8 Å². The van der Waals surface area contributed by atoms with Crippen molar-refractivity contribution in [1.82, 2.24) is 5.32 Å². The average molecular weight is 1060 g/mol. The van der Waals surface area contributed by atoms with Crippen LogP contribution in [-0.4, -0.2) is 73.4 Å². The molecule has 9 heteroatoms. The van der Waals surface area contributed by atoms with E-state index in [0.29, 0.717) is 30.3 Å². The Kier molecular flexibility index (Phi) is 54.1. The number of likely N-dealkylation sites (N-methyl/N-ethyl adjacent to an activating group) is 1. The summed E-state index contributed by atoms with van der Waals surface area (Å²) in [6, 6.07) is -0.790. The molecule has 0 aromatic rings. The van der Waals surface area contributed by atoms with Crippen molar-refractivity contribution in [2.45, 2.75) is 296 Å². The molecule has 0 aromatic carbocycles. The number of phosphoric acid groups is 1. The topological polar surface area (TPSA) is 105 Å². The van der Waals surface area contributed by atoms with Crippen molar-refractivity contribution in [2.24, 2.45) is 0 Å². The average Bonchev–Trinajstić information content (AvgIpc) is 3.36. The van der Waals surface area contributed by atoms with Crippen molar-refractivity contribution in [2.75, 3.05) is 40.9 Å². The quantitative estimate of drug-likeness (QED) is 0.0243. The summed E-state index contributed by atoms with van der Waals surface area (Å²) in [5.41, 5.74) is 0. The smallest absolute Gasteiger partial charge is 0.391 e. The Balaban J connectivity index is 4.13. The summed E-state index contributed by atoms with van der Waals surface area (Å²) in [7, 11) is 1.58. The molecule has 0 spiro atoms. The molecule has 0 aliphatic rings. The van der Waals surface area contributed by atoms with Gasteiger partial charge in [0.15, 0.2) is 0 Å². The molecule has 0 aliphatic heterocycles. The first-order chi connectivity index (χ1) is 36.0. The van der Waals surface area contributed by atoms with Crippen molar-refractivity contribution in [1.29, 1.82) is 0 Å². The van der Waals surface area contributed by atoms with E-state index >= 15 is 0 Å². The van der Waals surface area contributed by atoms with Gasteiger partial charge in [0.25, 0.3) is 0 Å². The molecule has 0 rings (SSSR count). The van der Waals surface area contributed by atoms with Crippen molar-refractivity contribution in [3.63, 3.8) is 0 Å². The minimum Gasteiger partial charge on any atom is -0.391 e. The van der Waals surface area contributed by atoms with Crippen LogP contribution in [0, 0.1) is 0 Å². The van der Waals surface area contributed by atoms with Gasteiger partial charge in [0.1, 0.15) is 13.2 Å². The van der Waals surface area contributed by atoms with E-state index in [4.69, 9.17) is 9.05 Å². The molecular formula is C65H122N2O6P+. The maximum Gasteiger partial charge on any atom is 0.472 e. The van der Waals surface area contributed by atoms with Crippen LogP contribution in [0.2, 0.25) is 0 Å². The molecule has 0 heterocycles. The van der Waals surface area contributed by atoms with Gasteiger partial charge in [-0.25, -0.2) is 4.57 Å². The number of nitrogens with zero attached hydrogens (tertiary/aromatic N) is 1. The second kappa shape index (κ2) is 55.7. The lowest BCUT2D eigenvalue weighted by atomic mass is 10.0. The van der Waals surface area contributed by atoms with E-state index in [-0.39, 0.29) is 19.1 Å².